The topological polar surface area (TPSA) is 12.0 Å². The number of hydrogen-bond donors (Lipinski definition) is 1. The summed E-state index contributed by atoms with van der Waals surface area (Å²) in [5.74, 6) is -0.205. The van der Waals surface area contributed by atoms with Gasteiger partial charge in [0.25, 0.3) is 0 Å². The van der Waals surface area contributed by atoms with Gasteiger partial charge in [0.05, 0.1) is 6.04 Å². The third-order valence-corrected chi connectivity index (χ3v) is 2.80. The highest BCUT2D eigenvalue weighted by Crippen LogP contribution is 2.22. The van der Waals surface area contributed by atoms with Gasteiger partial charge in [-0.15, -0.1) is 0 Å². The molecule has 0 saturated heterocycles. The van der Waals surface area contributed by atoms with Gasteiger partial charge in [-0.05, 0) is 36.2 Å². The summed E-state index contributed by atoms with van der Waals surface area (Å²) >= 11 is 0. The van der Waals surface area contributed by atoms with Crippen LogP contribution < -0.4 is 5.32 Å². The van der Waals surface area contributed by atoms with Gasteiger partial charge in [-0.25, -0.2) is 4.39 Å². The molecule has 2 aromatic carbocycles. The molecule has 17 heavy (non-hydrogen) atoms. The van der Waals surface area contributed by atoms with E-state index < -0.39 is 0 Å². The number of halogens is 1. The largest absolute Gasteiger partial charge is 0.378 e. The normalized spacial score (nSPS) is 12.1. The lowest BCUT2D eigenvalue weighted by Gasteiger charge is -2.18. The molecule has 0 saturated carbocycles. The standard InChI is InChI=1S/C15H16FN/c1-2-15(12-6-4-3-5-7-12)17-14-10-8-13(16)9-11-14/h3-11,15,17H,2H2,1H3. The lowest BCUT2D eigenvalue weighted by Crippen LogP contribution is -2.09. The van der Waals surface area contributed by atoms with Gasteiger partial charge in [0.15, 0.2) is 0 Å². The zero-order chi connectivity index (χ0) is 12.1. The van der Waals surface area contributed by atoms with Gasteiger partial charge in [0.1, 0.15) is 5.82 Å². The molecule has 0 amide bonds. The fraction of sp³-hybridized carbons (Fsp3) is 0.200. The maximum atomic E-state index is 12.8. The molecule has 1 atom stereocenters. The van der Waals surface area contributed by atoms with Crippen molar-refractivity contribution in [3.05, 3.63) is 66.0 Å². The van der Waals surface area contributed by atoms with Crippen LogP contribution in [0.25, 0.3) is 0 Å². The van der Waals surface area contributed by atoms with Crippen molar-refractivity contribution in [3.8, 4) is 0 Å². The molecule has 2 rings (SSSR count). The van der Waals surface area contributed by atoms with Gasteiger partial charge >= 0.3 is 0 Å². The number of benzene rings is 2. The molecule has 0 aliphatic carbocycles. The quantitative estimate of drug-likeness (QED) is 0.819. The molecule has 0 fully saturated rings. The summed E-state index contributed by atoms with van der Waals surface area (Å²) in [6, 6.07) is 17.0. The van der Waals surface area contributed by atoms with Gasteiger partial charge in [-0.3, -0.25) is 0 Å². The maximum Gasteiger partial charge on any atom is 0.123 e. The van der Waals surface area contributed by atoms with Crippen LogP contribution in [0.2, 0.25) is 0 Å². The molecular weight excluding hydrogens is 213 g/mol. The molecule has 0 spiro atoms. The van der Waals surface area contributed by atoms with Gasteiger partial charge in [-0.2, -0.15) is 0 Å². The average molecular weight is 229 g/mol. The van der Waals surface area contributed by atoms with Crippen LogP contribution in [0.5, 0.6) is 0 Å². The first kappa shape index (κ1) is 11.6. The second-order valence-corrected chi connectivity index (χ2v) is 4.02. The first-order valence-corrected chi connectivity index (χ1v) is 5.86. The predicted octanol–water partition coefficient (Wildman–Crippen LogP) is 4.39. The summed E-state index contributed by atoms with van der Waals surface area (Å²) in [6.07, 6.45) is 0.987. The number of hydrogen-bond acceptors (Lipinski definition) is 1. The minimum absolute atomic E-state index is 0.205. The van der Waals surface area contributed by atoms with Crippen molar-refractivity contribution in [2.75, 3.05) is 5.32 Å². The number of anilines is 1. The second kappa shape index (κ2) is 5.48. The predicted molar refractivity (Wildman–Crippen MR) is 69.5 cm³/mol. The van der Waals surface area contributed by atoms with Gasteiger partial charge in [0, 0.05) is 5.69 Å². The fourth-order valence-corrected chi connectivity index (χ4v) is 1.85. The summed E-state index contributed by atoms with van der Waals surface area (Å²) in [5.41, 5.74) is 2.20. The third kappa shape index (κ3) is 3.06. The third-order valence-electron chi connectivity index (χ3n) is 2.80. The van der Waals surface area contributed by atoms with Crippen LogP contribution in [0.4, 0.5) is 10.1 Å². The number of rotatable bonds is 4. The van der Waals surface area contributed by atoms with Crippen LogP contribution in [-0.2, 0) is 0 Å². The Hall–Kier alpha value is -1.83. The van der Waals surface area contributed by atoms with Gasteiger partial charge in [-0.1, -0.05) is 37.3 Å². The minimum Gasteiger partial charge on any atom is -0.378 e. The van der Waals surface area contributed by atoms with E-state index in [2.05, 4.69) is 24.4 Å². The molecule has 0 heterocycles. The molecule has 2 aromatic rings. The van der Waals surface area contributed by atoms with E-state index in [1.54, 1.807) is 12.1 Å². The van der Waals surface area contributed by atoms with Crippen LogP contribution in [0, 0.1) is 5.82 Å². The molecule has 1 unspecified atom stereocenters. The highest BCUT2D eigenvalue weighted by atomic mass is 19.1. The summed E-state index contributed by atoms with van der Waals surface area (Å²) < 4.78 is 12.8. The summed E-state index contributed by atoms with van der Waals surface area (Å²) in [6.45, 7) is 2.13. The van der Waals surface area contributed by atoms with Crippen LogP contribution in [0.3, 0.4) is 0 Å². The van der Waals surface area contributed by atoms with E-state index in [4.69, 9.17) is 0 Å². The van der Waals surface area contributed by atoms with Crippen LogP contribution in [0.15, 0.2) is 54.6 Å². The second-order valence-electron chi connectivity index (χ2n) is 4.02. The van der Waals surface area contributed by atoms with Gasteiger partial charge in [0.2, 0.25) is 0 Å². The zero-order valence-corrected chi connectivity index (χ0v) is 9.86. The van der Waals surface area contributed by atoms with Crippen molar-refractivity contribution in [2.24, 2.45) is 0 Å². The van der Waals surface area contributed by atoms with Crippen LogP contribution >= 0.6 is 0 Å². The Morgan fingerprint density at radius 3 is 2.24 bits per heavy atom. The molecule has 0 aliphatic rings. The van der Waals surface area contributed by atoms with E-state index in [0.717, 1.165) is 12.1 Å². The van der Waals surface area contributed by atoms with E-state index in [1.165, 1.54) is 17.7 Å². The van der Waals surface area contributed by atoms with Crippen molar-refractivity contribution < 1.29 is 4.39 Å². The first-order valence-electron chi connectivity index (χ1n) is 5.86. The van der Waals surface area contributed by atoms with E-state index in [9.17, 15) is 4.39 Å². The first-order chi connectivity index (χ1) is 8.29. The van der Waals surface area contributed by atoms with E-state index >= 15 is 0 Å². The van der Waals surface area contributed by atoms with Gasteiger partial charge < -0.3 is 5.32 Å². The van der Waals surface area contributed by atoms with E-state index in [0.29, 0.717) is 0 Å². The highest BCUT2D eigenvalue weighted by molar-refractivity contribution is 5.45. The van der Waals surface area contributed by atoms with Crippen molar-refractivity contribution in [3.63, 3.8) is 0 Å². The van der Waals surface area contributed by atoms with E-state index in [-0.39, 0.29) is 11.9 Å². The molecule has 0 radical (unpaired) electrons. The Morgan fingerprint density at radius 2 is 1.65 bits per heavy atom. The SMILES string of the molecule is CCC(Nc1ccc(F)cc1)c1ccccc1. The fourth-order valence-electron chi connectivity index (χ4n) is 1.85. The van der Waals surface area contributed by atoms with Crippen molar-refractivity contribution in [2.45, 2.75) is 19.4 Å². The molecule has 0 aliphatic heterocycles. The average Bonchev–Trinajstić information content (AvgIpc) is 2.39. The Bertz CT molecular complexity index is 450. The maximum absolute atomic E-state index is 12.8. The molecule has 1 nitrogen and oxygen atoms in total. The molecule has 2 heteroatoms. The molecule has 0 aromatic heterocycles. The Labute approximate surface area is 101 Å². The molecule has 1 N–H and O–H groups in total. The summed E-state index contributed by atoms with van der Waals surface area (Å²) in [5, 5.41) is 3.41. The zero-order valence-electron chi connectivity index (χ0n) is 9.86. The van der Waals surface area contributed by atoms with Crippen molar-refractivity contribution in [1.82, 2.24) is 0 Å². The highest BCUT2D eigenvalue weighted by Gasteiger charge is 2.07. The van der Waals surface area contributed by atoms with Crippen molar-refractivity contribution in [1.29, 1.82) is 0 Å². The molecular formula is C15H16FN. The van der Waals surface area contributed by atoms with E-state index in [1.807, 2.05) is 18.2 Å². The lowest BCUT2D eigenvalue weighted by molar-refractivity contribution is 0.627. The number of nitrogens with one attached hydrogen (secondary N) is 1. The Kier molecular flexibility index (Phi) is 3.76. The minimum atomic E-state index is -0.205. The van der Waals surface area contributed by atoms with Crippen LogP contribution in [-0.4, -0.2) is 0 Å². The molecule has 0 bridgehead atoms. The van der Waals surface area contributed by atoms with Crippen LogP contribution in [0.1, 0.15) is 24.9 Å². The van der Waals surface area contributed by atoms with Crippen molar-refractivity contribution >= 4 is 5.69 Å². The monoisotopic (exact) mass is 229 g/mol. The Morgan fingerprint density at radius 1 is 1.00 bits per heavy atom. The Balaban J connectivity index is 2.13. The lowest BCUT2D eigenvalue weighted by atomic mass is 10.0. The summed E-state index contributed by atoms with van der Waals surface area (Å²) in [4.78, 5) is 0. The molecule has 88 valence electrons. The summed E-state index contributed by atoms with van der Waals surface area (Å²) in [7, 11) is 0. The smallest absolute Gasteiger partial charge is 0.123 e.